The lowest BCUT2D eigenvalue weighted by molar-refractivity contribution is -0.116. The van der Waals surface area contributed by atoms with E-state index in [9.17, 15) is 4.79 Å². The quantitative estimate of drug-likeness (QED) is 0.619. The summed E-state index contributed by atoms with van der Waals surface area (Å²) in [5, 5.41) is 5.60. The normalized spacial score (nSPS) is 15.8. The first kappa shape index (κ1) is 17.9. The molecule has 2 aromatic carbocycles. The number of methoxy groups -OCH3 is 1. The minimum absolute atomic E-state index is 0.0160. The molecular weight excluding hydrogens is 382 g/mol. The van der Waals surface area contributed by atoms with Crippen LogP contribution < -0.4 is 14.8 Å². The Morgan fingerprint density at radius 1 is 1.19 bits per heavy atom. The molecule has 1 aliphatic rings. The van der Waals surface area contributed by atoms with Crippen LogP contribution in [0.15, 0.2) is 53.9 Å². The number of thiophene rings is 1. The van der Waals surface area contributed by atoms with Crippen molar-refractivity contribution in [2.75, 3.05) is 12.4 Å². The van der Waals surface area contributed by atoms with Crippen LogP contribution >= 0.6 is 22.9 Å². The Morgan fingerprint density at radius 3 is 2.85 bits per heavy atom. The van der Waals surface area contributed by atoms with Crippen LogP contribution in [0.1, 0.15) is 28.3 Å². The number of ether oxygens (including phenoxy) is 2. The first-order valence-corrected chi connectivity index (χ1v) is 9.83. The van der Waals surface area contributed by atoms with Crippen molar-refractivity contribution < 1.29 is 14.3 Å². The second kappa shape index (κ2) is 7.62. The molecule has 0 bridgehead atoms. The highest BCUT2D eigenvalue weighted by molar-refractivity contribution is 7.10. The van der Waals surface area contributed by atoms with Crippen molar-refractivity contribution in [3.8, 4) is 11.5 Å². The van der Waals surface area contributed by atoms with E-state index in [2.05, 4.69) is 5.32 Å². The van der Waals surface area contributed by atoms with Crippen LogP contribution in [0.5, 0.6) is 11.5 Å². The van der Waals surface area contributed by atoms with Crippen molar-refractivity contribution in [2.24, 2.45) is 0 Å². The number of halogens is 1. The van der Waals surface area contributed by atoms with Crippen LogP contribution in [0.2, 0.25) is 5.02 Å². The fraction of sp³-hybridized carbons (Fsp3) is 0.190. The molecule has 0 aliphatic carbocycles. The summed E-state index contributed by atoms with van der Waals surface area (Å²) in [4.78, 5) is 13.3. The number of carbonyl (C=O) groups is 1. The van der Waals surface area contributed by atoms with Gasteiger partial charge in [0.1, 0.15) is 6.61 Å². The van der Waals surface area contributed by atoms with Crippen molar-refractivity contribution in [3.63, 3.8) is 0 Å². The average Bonchev–Trinajstić information content (AvgIpc) is 3.15. The van der Waals surface area contributed by atoms with E-state index in [4.69, 9.17) is 21.1 Å². The average molecular weight is 400 g/mol. The van der Waals surface area contributed by atoms with E-state index in [1.165, 1.54) is 0 Å². The first-order valence-electron chi connectivity index (χ1n) is 8.57. The zero-order chi connectivity index (χ0) is 18.8. The molecule has 27 heavy (non-hydrogen) atoms. The molecule has 0 saturated heterocycles. The second-order valence-electron chi connectivity index (χ2n) is 6.29. The Morgan fingerprint density at radius 2 is 2.04 bits per heavy atom. The number of fused-ring (bicyclic) bond motifs is 1. The third-order valence-electron chi connectivity index (χ3n) is 4.61. The Bertz CT molecular complexity index is 985. The molecule has 6 heteroatoms. The maximum atomic E-state index is 12.1. The van der Waals surface area contributed by atoms with E-state index in [0.717, 1.165) is 21.7 Å². The molecule has 4 rings (SSSR count). The molecule has 1 N–H and O–H groups in total. The Kier molecular flexibility index (Phi) is 5.05. The Hall–Kier alpha value is -2.50. The summed E-state index contributed by atoms with van der Waals surface area (Å²) in [7, 11) is 1.61. The summed E-state index contributed by atoms with van der Waals surface area (Å²) in [6.07, 6.45) is 0.420. The molecule has 1 aliphatic heterocycles. The molecule has 0 saturated carbocycles. The van der Waals surface area contributed by atoms with Crippen molar-refractivity contribution in [2.45, 2.75) is 18.9 Å². The number of rotatable bonds is 5. The van der Waals surface area contributed by atoms with Crippen LogP contribution in [0.4, 0.5) is 5.69 Å². The second-order valence-corrected chi connectivity index (χ2v) is 7.65. The summed E-state index contributed by atoms with van der Waals surface area (Å²) in [6.45, 7) is 0.342. The smallest absolute Gasteiger partial charge is 0.225 e. The predicted octanol–water partition coefficient (Wildman–Crippen LogP) is 5.46. The largest absolute Gasteiger partial charge is 0.493 e. The van der Waals surface area contributed by atoms with Crippen LogP contribution in [0, 0.1) is 0 Å². The highest BCUT2D eigenvalue weighted by Gasteiger charge is 2.28. The van der Waals surface area contributed by atoms with Crippen molar-refractivity contribution in [1.82, 2.24) is 0 Å². The van der Waals surface area contributed by atoms with Crippen molar-refractivity contribution in [1.29, 1.82) is 0 Å². The van der Waals surface area contributed by atoms with Crippen molar-refractivity contribution >= 4 is 34.5 Å². The number of hydrogen-bond acceptors (Lipinski definition) is 4. The first-order chi connectivity index (χ1) is 13.2. The molecular formula is C21H18ClNO3S. The Balaban J connectivity index is 1.64. The molecule has 3 aromatic rings. The third kappa shape index (κ3) is 3.66. The van der Waals surface area contributed by atoms with E-state index in [0.29, 0.717) is 29.5 Å². The summed E-state index contributed by atoms with van der Waals surface area (Å²) in [6, 6.07) is 15.4. The van der Waals surface area contributed by atoms with Gasteiger partial charge in [-0.2, -0.15) is 0 Å². The lowest BCUT2D eigenvalue weighted by Crippen LogP contribution is -2.22. The minimum atomic E-state index is 0.0160. The maximum absolute atomic E-state index is 12.1. The molecule has 1 amide bonds. The monoisotopic (exact) mass is 399 g/mol. The molecule has 0 unspecified atom stereocenters. The predicted molar refractivity (Wildman–Crippen MR) is 108 cm³/mol. The molecule has 0 fully saturated rings. The van der Waals surface area contributed by atoms with E-state index >= 15 is 0 Å². The molecule has 1 atom stereocenters. The van der Waals surface area contributed by atoms with Gasteiger partial charge >= 0.3 is 0 Å². The Labute approximate surface area is 166 Å². The van der Waals surface area contributed by atoms with Gasteiger partial charge in [-0.3, -0.25) is 4.79 Å². The highest BCUT2D eigenvalue weighted by atomic mass is 35.5. The fourth-order valence-electron chi connectivity index (χ4n) is 3.24. The summed E-state index contributed by atoms with van der Waals surface area (Å²) >= 11 is 7.88. The van der Waals surface area contributed by atoms with Gasteiger partial charge in [-0.25, -0.2) is 0 Å². The molecule has 138 valence electrons. The van der Waals surface area contributed by atoms with Crippen LogP contribution in [0.25, 0.3) is 0 Å². The van der Waals surface area contributed by atoms with Gasteiger partial charge in [-0.05, 0) is 35.2 Å². The number of nitrogens with one attached hydrogen (secondary N) is 1. The van der Waals surface area contributed by atoms with Gasteiger partial charge < -0.3 is 14.8 Å². The molecule has 0 radical (unpaired) electrons. The zero-order valence-electron chi connectivity index (χ0n) is 14.7. The van der Waals surface area contributed by atoms with E-state index in [1.807, 2.05) is 53.9 Å². The van der Waals surface area contributed by atoms with Gasteiger partial charge in [0, 0.05) is 27.8 Å². The van der Waals surface area contributed by atoms with Gasteiger partial charge in [-0.15, -0.1) is 11.3 Å². The lowest BCUT2D eigenvalue weighted by Gasteiger charge is -2.23. The van der Waals surface area contributed by atoms with Gasteiger partial charge in [0.05, 0.1) is 12.8 Å². The third-order valence-corrected chi connectivity index (χ3v) is 6.01. The van der Waals surface area contributed by atoms with Gasteiger partial charge in [0.25, 0.3) is 0 Å². The summed E-state index contributed by atoms with van der Waals surface area (Å²) in [5.41, 5.74) is 2.84. The highest BCUT2D eigenvalue weighted by Crippen LogP contribution is 2.42. The van der Waals surface area contributed by atoms with Gasteiger partial charge in [0.15, 0.2) is 11.5 Å². The fourth-order valence-corrected chi connectivity index (χ4v) is 4.41. The zero-order valence-corrected chi connectivity index (χ0v) is 16.3. The number of hydrogen-bond donors (Lipinski definition) is 1. The minimum Gasteiger partial charge on any atom is -0.493 e. The maximum Gasteiger partial charge on any atom is 0.225 e. The van der Waals surface area contributed by atoms with E-state index in [1.54, 1.807) is 18.4 Å². The number of benzene rings is 2. The number of amides is 1. The number of anilines is 1. The van der Waals surface area contributed by atoms with Gasteiger partial charge in [0.2, 0.25) is 5.91 Å². The summed E-state index contributed by atoms with van der Waals surface area (Å²) < 4.78 is 11.5. The molecule has 1 aromatic heterocycles. The molecule has 2 heterocycles. The number of carbonyl (C=O) groups excluding carboxylic acids is 1. The molecule has 0 spiro atoms. The van der Waals surface area contributed by atoms with E-state index in [-0.39, 0.29) is 11.8 Å². The van der Waals surface area contributed by atoms with Crippen LogP contribution in [-0.2, 0) is 11.4 Å². The topological polar surface area (TPSA) is 47.6 Å². The summed E-state index contributed by atoms with van der Waals surface area (Å²) in [5.74, 6) is 1.33. The van der Waals surface area contributed by atoms with E-state index < -0.39 is 0 Å². The van der Waals surface area contributed by atoms with Crippen LogP contribution in [0.3, 0.4) is 0 Å². The SMILES string of the molecule is COc1ccc([C@@H]2CC(=O)Nc3ccsc32)cc1OCc1ccccc1Cl. The molecule has 4 nitrogen and oxygen atoms in total. The standard InChI is InChI=1S/C21H18ClNO3S/c1-25-18-7-6-13(15-11-20(24)23-17-8-9-27-21(15)17)10-19(18)26-12-14-4-2-3-5-16(14)22/h2-10,15H,11-12H2,1H3,(H,23,24)/t15-/m0/s1. The van der Waals surface area contributed by atoms with Gasteiger partial charge in [-0.1, -0.05) is 35.9 Å². The van der Waals surface area contributed by atoms with Crippen molar-refractivity contribution in [3.05, 3.63) is 74.9 Å². The van der Waals surface area contributed by atoms with Crippen LogP contribution in [-0.4, -0.2) is 13.0 Å². The lowest BCUT2D eigenvalue weighted by atomic mass is 9.90.